The summed E-state index contributed by atoms with van der Waals surface area (Å²) in [5, 5.41) is 0. The van der Waals surface area contributed by atoms with Crippen LogP contribution in [0.4, 0.5) is 0 Å². The van der Waals surface area contributed by atoms with Crippen LogP contribution in [-0.2, 0) is 14.8 Å². The van der Waals surface area contributed by atoms with Crippen LogP contribution in [0, 0.1) is 0 Å². The van der Waals surface area contributed by atoms with Crippen molar-refractivity contribution in [3.05, 3.63) is 48.5 Å². The van der Waals surface area contributed by atoms with Crippen LogP contribution in [0.3, 0.4) is 0 Å². The molecule has 0 aliphatic heterocycles. The molecule has 6 nitrogen and oxygen atoms in total. The number of hydrogen-bond acceptors (Lipinski definition) is 5. The minimum atomic E-state index is -3.84. The Hall–Kier alpha value is -2.54. The van der Waals surface area contributed by atoms with Crippen molar-refractivity contribution in [1.29, 1.82) is 0 Å². The number of amides is 1. The molecular formula is C16H17NO5S. The van der Waals surface area contributed by atoms with Gasteiger partial charge >= 0.3 is 0 Å². The minimum absolute atomic E-state index is 0.00128. The second kappa shape index (κ2) is 7.15. The summed E-state index contributed by atoms with van der Waals surface area (Å²) >= 11 is 0. The zero-order valence-electron chi connectivity index (χ0n) is 12.8. The van der Waals surface area contributed by atoms with Crippen LogP contribution in [-0.4, -0.2) is 21.4 Å². The number of rotatable bonds is 6. The molecule has 0 heterocycles. The van der Waals surface area contributed by atoms with Crippen molar-refractivity contribution in [3.63, 3.8) is 0 Å². The lowest BCUT2D eigenvalue weighted by Crippen LogP contribution is -2.29. The van der Waals surface area contributed by atoms with Crippen LogP contribution in [0.25, 0.3) is 0 Å². The van der Waals surface area contributed by atoms with Crippen LogP contribution in [0.2, 0.25) is 0 Å². The summed E-state index contributed by atoms with van der Waals surface area (Å²) in [4.78, 5) is 11.2. The van der Waals surface area contributed by atoms with Gasteiger partial charge < -0.3 is 9.47 Å². The maximum absolute atomic E-state index is 12.0. The van der Waals surface area contributed by atoms with Gasteiger partial charge in [-0.25, -0.2) is 13.1 Å². The fraction of sp³-hybridized carbons (Fsp3) is 0.188. The van der Waals surface area contributed by atoms with Crippen LogP contribution in [0.5, 0.6) is 17.2 Å². The molecule has 0 aliphatic carbocycles. The average Bonchev–Trinajstić information content (AvgIpc) is 2.55. The number of hydrogen-bond donors (Lipinski definition) is 1. The first-order valence-electron chi connectivity index (χ1n) is 6.92. The topological polar surface area (TPSA) is 81.7 Å². The summed E-state index contributed by atoms with van der Waals surface area (Å²) in [6.07, 6.45) is 0.0951. The standard InChI is InChI=1S/C16H17NO5S/c1-3-16(18)17-23(19,20)15-10-8-14(9-11-15)22-13-6-4-12(21-2)5-7-13/h4-11H,3H2,1-2H3,(H,17,18). The Morgan fingerprint density at radius 1 is 0.957 bits per heavy atom. The van der Waals surface area contributed by atoms with Crippen LogP contribution >= 0.6 is 0 Å². The van der Waals surface area contributed by atoms with E-state index < -0.39 is 15.9 Å². The van der Waals surface area contributed by atoms with Gasteiger partial charge in [-0.15, -0.1) is 0 Å². The third-order valence-electron chi connectivity index (χ3n) is 3.00. The third-order valence-corrected chi connectivity index (χ3v) is 4.39. The van der Waals surface area contributed by atoms with Gasteiger partial charge in [-0.05, 0) is 48.5 Å². The molecule has 0 saturated heterocycles. The first-order chi connectivity index (χ1) is 10.9. The summed E-state index contributed by atoms with van der Waals surface area (Å²) in [5.74, 6) is 1.24. The smallest absolute Gasteiger partial charge is 0.264 e. The highest BCUT2D eigenvalue weighted by Crippen LogP contribution is 2.24. The van der Waals surface area contributed by atoms with Crippen molar-refractivity contribution in [1.82, 2.24) is 4.72 Å². The Balaban J connectivity index is 2.11. The van der Waals surface area contributed by atoms with Gasteiger partial charge in [0.1, 0.15) is 17.2 Å². The van der Waals surface area contributed by atoms with Gasteiger partial charge in [0.15, 0.2) is 0 Å². The molecule has 2 aromatic rings. The van der Waals surface area contributed by atoms with Crippen molar-refractivity contribution in [2.45, 2.75) is 18.2 Å². The SMILES string of the molecule is CCC(=O)NS(=O)(=O)c1ccc(Oc2ccc(OC)cc2)cc1. The molecule has 0 radical (unpaired) electrons. The van der Waals surface area contributed by atoms with Crippen molar-refractivity contribution >= 4 is 15.9 Å². The van der Waals surface area contributed by atoms with Crippen molar-refractivity contribution in [2.75, 3.05) is 7.11 Å². The monoisotopic (exact) mass is 335 g/mol. The first kappa shape index (κ1) is 16.8. The molecule has 2 aromatic carbocycles. The van der Waals surface area contributed by atoms with Crippen LogP contribution in [0.1, 0.15) is 13.3 Å². The molecule has 2 rings (SSSR count). The van der Waals surface area contributed by atoms with Crippen LogP contribution in [0.15, 0.2) is 53.4 Å². The lowest BCUT2D eigenvalue weighted by molar-refractivity contribution is -0.119. The molecule has 0 atom stereocenters. The molecule has 0 bridgehead atoms. The van der Waals surface area contributed by atoms with Gasteiger partial charge in [0.25, 0.3) is 10.0 Å². The molecular weight excluding hydrogens is 318 g/mol. The Morgan fingerprint density at radius 3 is 1.91 bits per heavy atom. The lowest BCUT2D eigenvalue weighted by atomic mass is 10.3. The number of benzene rings is 2. The Labute approximate surface area is 135 Å². The van der Waals surface area contributed by atoms with E-state index in [1.807, 2.05) is 4.72 Å². The molecule has 0 saturated carbocycles. The molecule has 7 heteroatoms. The normalized spacial score (nSPS) is 10.9. The van der Waals surface area contributed by atoms with Gasteiger partial charge in [-0.1, -0.05) is 6.92 Å². The van der Waals surface area contributed by atoms with Gasteiger partial charge in [-0.3, -0.25) is 4.79 Å². The van der Waals surface area contributed by atoms with Crippen molar-refractivity contribution in [3.8, 4) is 17.2 Å². The summed E-state index contributed by atoms with van der Waals surface area (Å²) in [7, 11) is -2.27. The van der Waals surface area contributed by atoms with E-state index in [1.54, 1.807) is 38.3 Å². The number of ether oxygens (including phenoxy) is 2. The predicted octanol–water partition coefficient (Wildman–Crippen LogP) is 2.70. The van der Waals surface area contributed by atoms with E-state index in [4.69, 9.17) is 9.47 Å². The molecule has 0 spiro atoms. The highest BCUT2D eigenvalue weighted by atomic mass is 32.2. The number of carbonyl (C=O) groups excluding carboxylic acids is 1. The number of methoxy groups -OCH3 is 1. The zero-order chi connectivity index (χ0) is 16.9. The number of nitrogens with one attached hydrogen (secondary N) is 1. The molecule has 0 aromatic heterocycles. The quantitative estimate of drug-likeness (QED) is 0.878. The summed E-state index contributed by atoms with van der Waals surface area (Å²) in [6.45, 7) is 1.58. The van der Waals surface area contributed by atoms with E-state index in [0.29, 0.717) is 17.2 Å². The second-order valence-corrected chi connectivity index (χ2v) is 6.31. The zero-order valence-corrected chi connectivity index (χ0v) is 13.6. The molecule has 1 N–H and O–H groups in total. The molecule has 0 fully saturated rings. The highest BCUT2D eigenvalue weighted by molar-refractivity contribution is 7.90. The fourth-order valence-corrected chi connectivity index (χ4v) is 2.80. The van der Waals surface area contributed by atoms with Crippen molar-refractivity contribution in [2.24, 2.45) is 0 Å². The summed E-state index contributed by atoms with van der Waals surface area (Å²) in [6, 6.07) is 12.8. The molecule has 122 valence electrons. The van der Waals surface area contributed by atoms with E-state index in [2.05, 4.69) is 0 Å². The van der Waals surface area contributed by atoms with Crippen molar-refractivity contribution < 1.29 is 22.7 Å². The van der Waals surface area contributed by atoms with E-state index in [9.17, 15) is 13.2 Å². The Bertz CT molecular complexity index is 767. The lowest BCUT2D eigenvalue weighted by Gasteiger charge is -2.08. The van der Waals surface area contributed by atoms with E-state index in [-0.39, 0.29) is 11.3 Å². The van der Waals surface area contributed by atoms with E-state index >= 15 is 0 Å². The molecule has 1 amide bonds. The highest BCUT2D eigenvalue weighted by Gasteiger charge is 2.16. The van der Waals surface area contributed by atoms with Gasteiger partial charge in [-0.2, -0.15) is 0 Å². The first-order valence-corrected chi connectivity index (χ1v) is 8.40. The molecule has 23 heavy (non-hydrogen) atoms. The van der Waals surface area contributed by atoms with Gasteiger partial charge in [0.05, 0.1) is 12.0 Å². The maximum atomic E-state index is 12.0. The molecule has 0 aliphatic rings. The van der Waals surface area contributed by atoms with Gasteiger partial charge in [0, 0.05) is 6.42 Å². The van der Waals surface area contributed by atoms with E-state index in [1.165, 1.54) is 24.3 Å². The summed E-state index contributed by atoms with van der Waals surface area (Å²) in [5.41, 5.74) is 0. The second-order valence-electron chi connectivity index (χ2n) is 4.63. The van der Waals surface area contributed by atoms with Crippen LogP contribution < -0.4 is 14.2 Å². The Morgan fingerprint density at radius 2 is 1.43 bits per heavy atom. The third kappa shape index (κ3) is 4.46. The van der Waals surface area contributed by atoms with Gasteiger partial charge in [0.2, 0.25) is 5.91 Å². The molecule has 0 unspecified atom stereocenters. The fourth-order valence-electron chi connectivity index (χ4n) is 1.75. The largest absolute Gasteiger partial charge is 0.497 e. The minimum Gasteiger partial charge on any atom is -0.497 e. The van der Waals surface area contributed by atoms with E-state index in [0.717, 1.165) is 0 Å². The Kier molecular flexibility index (Phi) is 5.23. The number of carbonyl (C=O) groups is 1. The summed E-state index contributed by atoms with van der Waals surface area (Å²) < 4.78 is 36.6. The maximum Gasteiger partial charge on any atom is 0.264 e. The average molecular weight is 335 g/mol. The number of sulfonamides is 1. The predicted molar refractivity (Wildman–Crippen MR) is 85.1 cm³/mol.